The van der Waals surface area contributed by atoms with Crippen LogP contribution in [0.2, 0.25) is 0 Å². The van der Waals surface area contributed by atoms with E-state index >= 15 is 0 Å². The van der Waals surface area contributed by atoms with Crippen LogP contribution in [0.1, 0.15) is 31.8 Å². The number of hydrogen-bond donors (Lipinski definition) is 0. The highest BCUT2D eigenvalue weighted by molar-refractivity contribution is 6.25. The van der Waals surface area contributed by atoms with E-state index < -0.39 is 0 Å². The maximum absolute atomic E-state index is 12.0. The molecule has 0 fully saturated rings. The number of aryl methyl sites for hydroxylation is 2. The van der Waals surface area contributed by atoms with Gasteiger partial charge in [0.15, 0.2) is 11.6 Å². The van der Waals surface area contributed by atoms with Crippen molar-refractivity contribution in [3.8, 4) is 0 Å². The molecule has 0 amide bonds. The van der Waals surface area contributed by atoms with Crippen LogP contribution in [0.15, 0.2) is 36.4 Å². The Balaban J connectivity index is 2.56. The molecule has 1 aliphatic rings. The molecular weight excluding hydrogens is 224 g/mol. The van der Waals surface area contributed by atoms with Crippen LogP contribution in [0.3, 0.4) is 0 Å². The van der Waals surface area contributed by atoms with Gasteiger partial charge in [-0.1, -0.05) is 24.3 Å². The highest BCUT2D eigenvalue weighted by Gasteiger charge is 2.25. The third-order valence-corrected chi connectivity index (χ3v) is 3.61. The van der Waals surface area contributed by atoms with E-state index in [1.165, 1.54) is 12.2 Å². The largest absolute Gasteiger partial charge is 0.289 e. The van der Waals surface area contributed by atoms with Crippen LogP contribution < -0.4 is 0 Å². The van der Waals surface area contributed by atoms with Gasteiger partial charge in [-0.15, -0.1) is 0 Å². The van der Waals surface area contributed by atoms with Crippen molar-refractivity contribution in [1.82, 2.24) is 0 Å². The van der Waals surface area contributed by atoms with Gasteiger partial charge in [-0.25, -0.2) is 0 Å². The maximum Gasteiger partial charge on any atom is 0.187 e. The molecule has 0 spiro atoms. The lowest BCUT2D eigenvalue weighted by Crippen LogP contribution is -2.15. The summed E-state index contributed by atoms with van der Waals surface area (Å²) in [5, 5.41) is 2.09. The molecule has 0 heterocycles. The van der Waals surface area contributed by atoms with E-state index in [9.17, 15) is 9.59 Å². The van der Waals surface area contributed by atoms with Gasteiger partial charge in [-0.2, -0.15) is 0 Å². The standard InChI is InChI=1S/C16H12O2/c1-9-11-5-3-4-6-12(11)10(2)16-14(18)8-7-13(17)15(9)16/h3-8H,1-2H3. The quantitative estimate of drug-likeness (QED) is 0.702. The van der Waals surface area contributed by atoms with E-state index in [0.717, 1.165) is 21.9 Å². The molecule has 2 heteroatoms. The summed E-state index contributed by atoms with van der Waals surface area (Å²) in [6.07, 6.45) is 2.73. The van der Waals surface area contributed by atoms with Gasteiger partial charge in [0.25, 0.3) is 0 Å². The summed E-state index contributed by atoms with van der Waals surface area (Å²) in [4.78, 5) is 24.0. The molecule has 18 heavy (non-hydrogen) atoms. The highest BCUT2D eigenvalue weighted by atomic mass is 16.1. The Morgan fingerprint density at radius 1 is 0.722 bits per heavy atom. The van der Waals surface area contributed by atoms with Crippen LogP contribution in [0.4, 0.5) is 0 Å². The Hall–Kier alpha value is -2.22. The van der Waals surface area contributed by atoms with Crippen LogP contribution in [0.25, 0.3) is 10.8 Å². The number of allylic oxidation sites excluding steroid dienone is 2. The van der Waals surface area contributed by atoms with Gasteiger partial charge in [0, 0.05) is 11.1 Å². The van der Waals surface area contributed by atoms with Gasteiger partial charge < -0.3 is 0 Å². The van der Waals surface area contributed by atoms with Crippen LogP contribution in [-0.4, -0.2) is 11.6 Å². The second-order valence-electron chi connectivity index (χ2n) is 4.61. The molecule has 0 saturated heterocycles. The average molecular weight is 236 g/mol. The Kier molecular flexibility index (Phi) is 2.20. The SMILES string of the molecule is Cc1c2c(c(C)c3ccccc13)C(=O)C=CC2=O. The first-order valence-electron chi connectivity index (χ1n) is 5.90. The smallest absolute Gasteiger partial charge is 0.187 e. The van der Waals surface area contributed by atoms with Crippen molar-refractivity contribution >= 4 is 22.3 Å². The zero-order chi connectivity index (χ0) is 12.9. The first-order valence-corrected chi connectivity index (χ1v) is 5.90. The first kappa shape index (κ1) is 10.9. The van der Waals surface area contributed by atoms with Crippen molar-refractivity contribution in [3.05, 3.63) is 58.7 Å². The predicted molar refractivity (Wildman–Crippen MR) is 71.2 cm³/mol. The van der Waals surface area contributed by atoms with Crippen molar-refractivity contribution < 1.29 is 9.59 Å². The van der Waals surface area contributed by atoms with Crippen molar-refractivity contribution in [2.24, 2.45) is 0 Å². The molecule has 3 rings (SSSR count). The first-order chi connectivity index (χ1) is 8.61. The molecule has 2 aromatic carbocycles. The van der Waals surface area contributed by atoms with Crippen molar-refractivity contribution in [2.45, 2.75) is 13.8 Å². The van der Waals surface area contributed by atoms with Gasteiger partial charge >= 0.3 is 0 Å². The fourth-order valence-electron chi connectivity index (χ4n) is 2.72. The Bertz CT molecular complexity index is 674. The normalized spacial score (nSPS) is 14.1. The number of rotatable bonds is 0. The van der Waals surface area contributed by atoms with Crippen LogP contribution in [0.5, 0.6) is 0 Å². The van der Waals surface area contributed by atoms with E-state index in [0.29, 0.717) is 11.1 Å². The lowest BCUT2D eigenvalue weighted by Gasteiger charge is -2.18. The summed E-state index contributed by atoms with van der Waals surface area (Å²) in [5.74, 6) is -0.146. The summed E-state index contributed by atoms with van der Waals surface area (Å²) in [6.45, 7) is 3.82. The minimum atomic E-state index is -0.0732. The van der Waals surface area contributed by atoms with Gasteiger partial charge in [0.2, 0.25) is 0 Å². The predicted octanol–water partition coefficient (Wildman–Crippen LogP) is 3.39. The summed E-state index contributed by atoms with van der Waals surface area (Å²) in [7, 11) is 0. The van der Waals surface area contributed by atoms with E-state index in [-0.39, 0.29) is 11.6 Å². The van der Waals surface area contributed by atoms with Crippen molar-refractivity contribution in [2.75, 3.05) is 0 Å². The second kappa shape index (κ2) is 3.64. The topological polar surface area (TPSA) is 34.1 Å². The number of fused-ring (bicyclic) bond motifs is 2. The Labute approximate surface area is 105 Å². The van der Waals surface area contributed by atoms with E-state index in [1.807, 2.05) is 38.1 Å². The van der Waals surface area contributed by atoms with Crippen molar-refractivity contribution in [3.63, 3.8) is 0 Å². The number of benzene rings is 2. The van der Waals surface area contributed by atoms with Crippen LogP contribution in [-0.2, 0) is 0 Å². The van der Waals surface area contributed by atoms with Crippen molar-refractivity contribution in [1.29, 1.82) is 0 Å². The maximum atomic E-state index is 12.0. The lowest BCUT2D eigenvalue weighted by molar-refractivity contribution is 0.0993. The van der Waals surface area contributed by atoms with E-state index in [2.05, 4.69) is 0 Å². The molecule has 0 aliphatic heterocycles. The molecule has 0 unspecified atom stereocenters. The lowest BCUT2D eigenvalue weighted by atomic mass is 9.84. The number of carbonyl (C=O) groups is 2. The Morgan fingerprint density at radius 3 is 1.50 bits per heavy atom. The van der Waals surface area contributed by atoms with Crippen LogP contribution in [0, 0.1) is 13.8 Å². The number of carbonyl (C=O) groups excluding carboxylic acids is 2. The summed E-state index contributed by atoms with van der Waals surface area (Å²) in [5.41, 5.74) is 2.93. The molecule has 2 aromatic rings. The highest BCUT2D eigenvalue weighted by Crippen LogP contribution is 2.32. The monoisotopic (exact) mass is 236 g/mol. The minimum Gasteiger partial charge on any atom is -0.289 e. The van der Waals surface area contributed by atoms with Crippen LogP contribution >= 0.6 is 0 Å². The van der Waals surface area contributed by atoms with E-state index in [4.69, 9.17) is 0 Å². The number of ketones is 2. The second-order valence-corrected chi connectivity index (χ2v) is 4.61. The zero-order valence-electron chi connectivity index (χ0n) is 10.3. The third-order valence-electron chi connectivity index (χ3n) is 3.61. The molecule has 2 nitrogen and oxygen atoms in total. The van der Waals surface area contributed by atoms with Gasteiger partial charge in [0.05, 0.1) is 0 Å². The van der Waals surface area contributed by atoms with Gasteiger partial charge in [-0.05, 0) is 47.9 Å². The van der Waals surface area contributed by atoms with Gasteiger partial charge in [0.1, 0.15) is 0 Å². The third kappa shape index (κ3) is 1.29. The molecule has 0 aromatic heterocycles. The average Bonchev–Trinajstić information content (AvgIpc) is 2.38. The molecule has 0 bridgehead atoms. The number of hydrogen-bond acceptors (Lipinski definition) is 2. The molecule has 1 aliphatic carbocycles. The zero-order valence-corrected chi connectivity index (χ0v) is 10.3. The molecule has 0 radical (unpaired) electrons. The summed E-state index contributed by atoms with van der Waals surface area (Å²) < 4.78 is 0. The summed E-state index contributed by atoms with van der Waals surface area (Å²) >= 11 is 0. The molecule has 88 valence electrons. The fraction of sp³-hybridized carbons (Fsp3) is 0.125. The molecule has 0 N–H and O–H groups in total. The minimum absolute atomic E-state index is 0.0732. The summed E-state index contributed by atoms with van der Waals surface area (Å²) in [6, 6.07) is 7.89. The van der Waals surface area contributed by atoms with E-state index in [1.54, 1.807) is 0 Å². The Morgan fingerprint density at radius 2 is 1.11 bits per heavy atom. The molecule has 0 saturated carbocycles. The fourth-order valence-corrected chi connectivity index (χ4v) is 2.72. The van der Waals surface area contributed by atoms with Gasteiger partial charge in [-0.3, -0.25) is 9.59 Å². The molecule has 0 atom stereocenters. The molecular formula is C16H12O2.